The normalized spacial score (nSPS) is 11.5. The number of anilines is 1. The molecule has 2 aromatic heterocycles. The number of nitrogens with zero attached hydrogens (tertiary/aromatic N) is 4. The summed E-state index contributed by atoms with van der Waals surface area (Å²) < 4.78 is 12.8. The van der Waals surface area contributed by atoms with E-state index < -0.39 is 16.7 Å². The minimum absolute atomic E-state index is 0.0170. The molecule has 0 saturated carbocycles. The zero-order valence-electron chi connectivity index (χ0n) is 19.7. The van der Waals surface area contributed by atoms with Crippen LogP contribution >= 0.6 is 11.8 Å². The first-order valence-corrected chi connectivity index (χ1v) is 11.1. The Morgan fingerprint density at radius 3 is 2.39 bits per heavy atom. The highest BCUT2D eigenvalue weighted by molar-refractivity contribution is 8.00. The molecular weight excluding hydrogens is 446 g/mol. The lowest BCUT2D eigenvalue weighted by Crippen LogP contribution is -2.38. The van der Waals surface area contributed by atoms with Crippen LogP contribution in [0.25, 0.3) is 11.0 Å². The molecule has 1 N–H and O–H groups in total. The van der Waals surface area contributed by atoms with Crippen molar-refractivity contribution in [2.75, 3.05) is 25.3 Å². The van der Waals surface area contributed by atoms with Crippen LogP contribution in [-0.4, -0.2) is 45.0 Å². The summed E-state index contributed by atoms with van der Waals surface area (Å²) in [5.74, 6) is 1.20. The highest BCUT2D eigenvalue weighted by atomic mass is 32.2. The molecular formula is C22H27N5O5S. The van der Waals surface area contributed by atoms with E-state index in [1.165, 1.54) is 18.7 Å². The second-order valence-corrected chi connectivity index (χ2v) is 9.37. The minimum atomic E-state index is -0.506. The molecule has 0 atom stereocenters. The second-order valence-electron chi connectivity index (χ2n) is 8.41. The Bertz CT molecular complexity index is 1340. The van der Waals surface area contributed by atoms with Gasteiger partial charge in [0.1, 0.15) is 27.7 Å². The summed E-state index contributed by atoms with van der Waals surface area (Å²) in [6, 6.07) is 5.06. The molecule has 0 fully saturated rings. The van der Waals surface area contributed by atoms with Crippen LogP contribution in [-0.2, 0) is 24.3 Å². The molecule has 0 bridgehead atoms. The zero-order valence-corrected chi connectivity index (χ0v) is 20.5. The molecule has 1 amide bonds. The van der Waals surface area contributed by atoms with Crippen LogP contribution in [0, 0.1) is 0 Å². The van der Waals surface area contributed by atoms with Gasteiger partial charge < -0.3 is 14.8 Å². The van der Waals surface area contributed by atoms with Gasteiger partial charge in [0, 0.05) is 25.6 Å². The fourth-order valence-electron chi connectivity index (χ4n) is 3.09. The first-order valence-electron chi connectivity index (χ1n) is 10.1. The van der Waals surface area contributed by atoms with Crippen molar-refractivity contribution in [2.24, 2.45) is 14.1 Å². The summed E-state index contributed by atoms with van der Waals surface area (Å²) in [5.41, 5.74) is -0.688. The number of ether oxygens (including phenoxy) is 2. The maximum absolute atomic E-state index is 12.9. The van der Waals surface area contributed by atoms with Gasteiger partial charge in [-0.2, -0.15) is 0 Å². The molecule has 10 nitrogen and oxygen atoms in total. The first-order chi connectivity index (χ1) is 15.5. The summed E-state index contributed by atoms with van der Waals surface area (Å²) in [5, 5.41) is 3.35. The van der Waals surface area contributed by atoms with Crippen molar-refractivity contribution in [3.63, 3.8) is 0 Å². The van der Waals surface area contributed by atoms with Gasteiger partial charge in [0.05, 0.1) is 25.7 Å². The zero-order chi connectivity index (χ0) is 24.5. The van der Waals surface area contributed by atoms with E-state index in [-0.39, 0.29) is 22.7 Å². The third-order valence-corrected chi connectivity index (χ3v) is 5.94. The van der Waals surface area contributed by atoms with Crippen LogP contribution in [0.2, 0.25) is 0 Å². The lowest BCUT2D eigenvalue weighted by Gasteiger charge is -2.19. The molecule has 0 aliphatic rings. The van der Waals surface area contributed by atoms with Gasteiger partial charge in [0.2, 0.25) is 5.91 Å². The molecule has 33 heavy (non-hydrogen) atoms. The first kappa shape index (κ1) is 24.3. The van der Waals surface area contributed by atoms with E-state index in [0.29, 0.717) is 28.0 Å². The van der Waals surface area contributed by atoms with Gasteiger partial charge in [0.25, 0.3) is 5.56 Å². The molecule has 0 aliphatic heterocycles. The summed E-state index contributed by atoms with van der Waals surface area (Å²) in [6.45, 7) is 5.80. The predicted octanol–water partition coefficient (Wildman–Crippen LogP) is 2.07. The van der Waals surface area contributed by atoms with Crippen LogP contribution in [0.4, 0.5) is 5.69 Å². The number of rotatable bonds is 6. The Hall–Kier alpha value is -3.34. The smallest absolute Gasteiger partial charge is 0.332 e. The van der Waals surface area contributed by atoms with E-state index in [2.05, 4.69) is 15.3 Å². The van der Waals surface area contributed by atoms with Crippen LogP contribution in [0.3, 0.4) is 0 Å². The van der Waals surface area contributed by atoms with Crippen molar-refractivity contribution in [2.45, 2.75) is 31.2 Å². The van der Waals surface area contributed by atoms with E-state index in [9.17, 15) is 14.4 Å². The third kappa shape index (κ3) is 4.87. The van der Waals surface area contributed by atoms with Gasteiger partial charge in [-0.1, -0.05) is 32.5 Å². The SMILES string of the molecule is COc1ccc(NC(=O)CSc2nc(C(C)(C)C)nc3c2c(=O)n(C)c(=O)n3C)c(OC)c1. The number of carbonyl (C=O) groups excluding carboxylic acids is 1. The summed E-state index contributed by atoms with van der Waals surface area (Å²) in [7, 11) is 6.00. The van der Waals surface area contributed by atoms with Crippen LogP contribution in [0.1, 0.15) is 26.6 Å². The Labute approximate surface area is 195 Å². The van der Waals surface area contributed by atoms with Gasteiger partial charge in [-0.15, -0.1) is 0 Å². The number of aryl methyl sites for hydroxylation is 1. The molecule has 11 heteroatoms. The fraction of sp³-hybridized carbons (Fsp3) is 0.409. The van der Waals surface area contributed by atoms with Gasteiger partial charge in [-0.25, -0.2) is 14.8 Å². The molecule has 3 rings (SSSR count). The average Bonchev–Trinajstić information content (AvgIpc) is 2.78. The average molecular weight is 474 g/mol. The summed E-state index contributed by atoms with van der Waals surface area (Å²) in [6.07, 6.45) is 0. The molecule has 0 unspecified atom stereocenters. The summed E-state index contributed by atoms with van der Waals surface area (Å²) >= 11 is 1.11. The molecule has 0 radical (unpaired) electrons. The second kappa shape index (κ2) is 9.26. The number of carbonyl (C=O) groups is 1. The van der Waals surface area contributed by atoms with Crippen molar-refractivity contribution in [3.05, 3.63) is 44.9 Å². The van der Waals surface area contributed by atoms with Crippen LogP contribution in [0.15, 0.2) is 32.8 Å². The van der Waals surface area contributed by atoms with E-state index >= 15 is 0 Å². The maximum Gasteiger partial charge on any atom is 0.332 e. The highest BCUT2D eigenvalue weighted by Gasteiger charge is 2.24. The number of hydrogen-bond acceptors (Lipinski definition) is 8. The number of aromatic nitrogens is 4. The Morgan fingerprint density at radius 1 is 1.09 bits per heavy atom. The van der Waals surface area contributed by atoms with Gasteiger partial charge in [-0.3, -0.25) is 18.7 Å². The van der Waals surface area contributed by atoms with Crippen LogP contribution in [0.5, 0.6) is 11.5 Å². The number of methoxy groups -OCH3 is 2. The number of thioether (sulfide) groups is 1. The van der Waals surface area contributed by atoms with E-state index in [1.807, 2.05) is 20.8 Å². The van der Waals surface area contributed by atoms with Crippen molar-refractivity contribution in [1.82, 2.24) is 19.1 Å². The summed E-state index contributed by atoms with van der Waals surface area (Å²) in [4.78, 5) is 47.1. The van der Waals surface area contributed by atoms with E-state index in [0.717, 1.165) is 16.3 Å². The standard InChI is InChI=1S/C22H27N5O5S/c1-22(2,3)20-24-17-16(19(29)27(5)21(30)26(17)4)18(25-20)33-11-15(28)23-13-9-8-12(31-6)10-14(13)32-7/h8-10H,11H2,1-7H3,(H,23,28). The van der Waals surface area contributed by atoms with Crippen molar-refractivity contribution in [3.8, 4) is 11.5 Å². The molecule has 0 saturated heterocycles. The number of nitrogens with one attached hydrogen (secondary N) is 1. The number of amides is 1. The van der Waals surface area contributed by atoms with Crippen molar-refractivity contribution < 1.29 is 14.3 Å². The van der Waals surface area contributed by atoms with Crippen molar-refractivity contribution in [1.29, 1.82) is 0 Å². The Balaban J connectivity index is 1.98. The third-order valence-electron chi connectivity index (χ3n) is 4.96. The van der Waals surface area contributed by atoms with Crippen LogP contribution < -0.4 is 26.0 Å². The Morgan fingerprint density at radius 2 is 1.79 bits per heavy atom. The predicted molar refractivity (Wildman–Crippen MR) is 128 cm³/mol. The number of fused-ring (bicyclic) bond motifs is 1. The van der Waals surface area contributed by atoms with Gasteiger partial charge >= 0.3 is 5.69 Å². The number of hydrogen-bond donors (Lipinski definition) is 1. The highest BCUT2D eigenvalue weighted by Crippen LogP contribution is 2.30. The Kier molecular flexibility index (Phi) is 6.82. The molecule has 0 aliphatic carbocycles. The quantitative estimate of drug-likeness (QED) is 0.427. The fourth-order valence-corrected chi connectivity index (χ4v) is 3.90. The van der Waals surface area contributed by atoms with Gasteiger partial charge in [0.15, 0.2) is 5.65 Å². The van der Waals surface area contributed by atoms with Gasteiger partial charge in [-0.05, 0) is 12.1 Å². The molecule has 176 valence electrons. The monoisotopic (exact) mass is 473 g/mol. The topological polar surface area (TPSA) is 117 Å². The lowest BCUT2D eigenvalue weighted by atomic mass is 9.96. The number of benzene rings is 1. The van der Waals surface area contributed by atoms with E-state index in [1.54, 1.807) is 32.4 Å². The van der Waals surface area contributed by atoms with E-state index in [4.69, 9.17) is 9.47 Å². The molecule has 1 aromatic carbocycles. The maximum atomic E-state index is 12.9. The minimum Gasteiger partial charge on any atom is -0.497 e. The molecule has 3 aromatic rings. The molecule has 2 heterocycles. The largest absolute Gasteiger partial charge is 0.497 e. The lowest BCUT2D eigenvalue weighted by molar-refractivity contribution is -0.113. The molecule has 0 spiro atoms. The van der Waals surface area contributed by atoms with Crippen molar-refractivity contribution >= 4 is 34.4 Å².